The standard InChI is InChI=1S/C22H18N4S/c23-13-15-9-10-24-17(12-15)11-14-5-7-16(8-6-14)20-22-21(26-25-20)18-3-1-2-4-19(18)27-22/h1-10,12H,11,13,23H2,(H,25,26). The molecule has 0 radical (unpaired) electrons. The molecule has 0 bridgehead atoms. The Balaban J connectivity index is 1.47. The molecule has 132 valence electrons. The summed E-state index contributed by atoms with van der Waals surface area (Å²) in [6.07, 6.45) is 2.63. The van der Waals surface area contributed by atoms with Crippen molar-refractivity contribution in [3.8, 4) is 11.3 Å². The molecule has 3 aromatic heterocycles. The highest BCUT2D eigenvalue weighted by molar-refractivity contribution is 7.26. The quantitative estimate of drug-likeness (QED) is 0.473. The number of H-pyrrole nitrogens is 1. The Hall–Kier alpha value is -3.02. The van der Waals surface area contributed by atoms with E-state index >= 15 is 0 Å². The molecule has 3 heterocycles. The van der Waals surface area contributed by atoms with Gasteiger partial charge < -0.3 is 5.73 Å². The Morgan fingerprint density at radius 3 is 2.67 bits per heavy atom. The highest BCUT2D eigenvalue weighted by Gasteiger charge is 2.13. The van der Waals surface area contributed by atoms with Crippen molar-refractivity contribution in [3.05, 3.63) is 83.7 Å². The van der Waals surface area contributed by atoms with Gasteiger partial charge in [0.25, 0.3) is 0 Å². The largest absolute Gasteiger partial charge is 0.326 e. The van der Waals surface area contributed by atoms with Crippen molar-refractivity contribution in [2.75, 3.05) is 0 Å². The van der Waals surface area contributed by atoms with Crippen molar-refractivity contribution in [2.45, 2.75) is 13.0 Å². The van der Waals surface area contributed by atoms with Crippen molar-refractivity contribution < 1.29 is 0 Å². The number of fused-ring (bicyclic) bond motifs is 3. The van der Waals surface area contributed by atoms with E-state index in [9.17, 15) is 0 Å². The molecule has 0 atom stereocenters. The van der Waals surface area contributed by atoms with Crippen LogP contribution in [0, 0.1) is 0 Å². The van der Waals surface area contributed by atoms with E-state index in [0.29, 0.717) is 6.54 Å². The van der Waals surface area contributed by atoms with Crippen LogP contribution in [0.3, 0.4) is 0 Å². The van der Waals surface area contributed by atoms with Crippen molar-refractivity contribution in [3.63, 3.8) is 0 Å². The van der Waals surface area contributed by atoms with Crippen LogP contribution in [0.15, 0.2) is 66.9 Å². The van der Waals surface area contributed by atoms with Gasteiger partial charge in [-0.3, -0.25) is 10.1 Å². The summed E-state index contributed by atoms with van der Waals surface area (Å²) < 4.78 is 2.49. The van der Waals surface area contributed by atoms with Gasteiger partial charge in [0, 0.05) is 40.5 Å². The minimum absolute atomic E-state index is 0.540. The molecule has 3 N–H and O–H groups in total. The van der Waals surface area contributed by atoms with E-state index < -0.39 is 0 Å². The third kappa shape index (κ3) is 2.91. The molecule has 0 aliphatic rings. The van der Waals surface area contributed by atoms with Crippen molar-refractivity contribution in [2.24, 2.45) is 5.73 Å². The number of thiophene rings is 1. The molecule has 0 saturated heterocycles. The molecule has 5 heteroatoms. The van der Waals surface area contributed by atoms with Gasteiger partial charge in [0.05, 0.1) is 10.2 Å². The number of nitrogens with zero attached hydrogens (tertiary/aromatic N) is 2. The van der Waals surface area contributed by atoms with Crippen LogP contribution in [-0.4, -0.2) is 15.2 Å². The molecule has 5 rings (SSSR count). The van der Waals surface area contributed by atoms with Gasteiger partial charge >= 0.3 is 0 Å². The van der Waals surface area contributed by atoms with Crippen LogP contribution >= 0.6 is 11.3 Å². The minimum Gasteiger partial charge on any atom is -0.326 e. The molecule has 0 spiro atoms. The Kier molecular flexibility index (Phi) is 3.96. The van der Waals surface area contributed by atoms with Crippen LogP contribution in [0.2, 0.25) is 0 Å². The van der Waals surface area contributed by atoms with Gasteiger partial charge in [0.1, 0.15) is 5.69 Å². The first-order valence-corrected chi connectivity index (χ1v) is 9.72. The lowest BCUT2D eigenvalue weighted by Crippen LogP contribution is -1.99. The Bertz CT molecular complexity index is 1230. The van der Waals surface area contributed by atoms with E-state index in [2.05, 4.69) is 69.8 Å². The third-order valence-electron chi connectivity index (χ3n) is 4.82. The number of benzene rings is 2. The maximum Gasteiger partial charge on any atom is 0.110 e. The van der Waals surface area contributed by atoms with E-state index in [0.717, 1.165) is 34.5 Å². The van der Waals surface area contributed by atoms with E-state index in [1.54, 1.807) is 11.3 Å². The maximum atomic E-state index is 5.72. The molecule has 0 aliphatic heterocycles. The van der Waals surface area contributed by atoms with Crippen LogP contribution < -0.4 is 5.73 Å². The zero-order valence-electron chi connectivity index (χ0n) is 14.6. The molecule has 0 aliphatic carbocycles. The second-order valence-corrected chi connectivity index (χ2v) is 7.66. The number of aromatic nitrogens is 3. The first kappa shape index (κ1) is 16.2. The number of hydrogen-bond acceptors (Lipinski definition) is 4. The first-order valence-electron chi connectivity index (χ1n) is 8.90. The number of rotatable bonds is 4. The molecule has 4 nitrogen and oxygen atoms in total. The second kappa shape index (κ2) is 6.61. The van der Waals surface area contributed by atoms with E-state index in [1.165, 1.54) is 20.3 Å². The van der Waals surface area contributed by atoms with Gasteiger partial charge in [-0.15, -0.1) is 11.3 Å². The Morgan fingerprint density at radius 2 is 1.81 bits per heavy atom. The fourth-order valence-corrected chi connectivity index (χ4v) is 4.59. The molecule has 5 aromatic rings. The van der Waals surface area contributed by atoms with Gasteiger partial charge in [-0.25, -0.2) is 0 Å². The number of hydrogen-bond donors (Lipinski definition) is 2. The normalized spacial score (nSPS) is 11.4. The summed E-state index contributed by atoms with van der Waals surface area (Å²) in [7, 11) is 0. The van der Waals surface area contributed by atoms with Crippen molar-refractivity contribution in [1.82, 2.24) is 15.2 Å². The summed E-state index contributed by atoms with van der Waals surface area (Å²) in [5.74, 6) is 0. The van der Waals surface area contributed by atoms with Gasteiger partial charge in [0.2, 0.25) is 0 Å². The highest BCUT2D eigenvalue weighted by Crippen LogP contribution is 2.38. The molecule has 0 amide bonds. The Labute approximate surface area is 160 Å². The SMILES string of the molecule is NCc1ccnc(Cc2ccc(-c3n[nH]c4c3sc3ccccc34)cc2)c1. The minimum atomic E-state index is 0.540. The zero-order chi connectivity index (χ0) is 18.2. The summed E-state index contributed by atoms with van der Waals surface area (Å²) in [6, 6.07) is 21.1. The summed E-state index contributed by atoms with van der Waals surface area (Å²) >= 11 is 1.79. The number of pyridine rings is 1. The third-order valence-corrected chi connectivity index (χ3v) is 6.00. The van der Waals surface area contributed by atoms with E-state index in [4.69, 9.17) is 5.73 Å². The van der Waals surface area contributed by atoms with Crippen molar-refractivity contribution in [1.29, 1.82) is 0 Å². The predicted molar refractivity (Wildman–Crippen MR) is 112 cm³/mol. The van der Waals surface area contributed by atoms with Crippen LogP contribution in [-0.2, 0) is 13.0 Å². The van der Waals surface area contributed by atoms with Gasteiger partial charge in [-0.1, -0.05) is 42.5 Å². The van der Waals surface area contributed by atoms with Gasteiger partial charge in [0.15, 0.2) is 0 Å². The van der Waals surface area contributed by atoms with Crippen LogP contribution in [0.5, 0.6) is 0 Å². The summed E-state index contributed by atoms with van der Waals surface area (Å²) in [5, 5.41) is 9.02. The summed E-state index contributed by atoms with van der Waals surface area (Å²) in [4.78, 5) is 4.45. The number of nitrogens with one attached hydrogen (secondary N) is 1. The van der Waals surface area contributed by atoms with Crippen molar-refractivity contribution >= 4 is 31.6 Å². The first-order chi connectivity index (χ1) is 13.3. The highest BCUT2D eigenvalue weighted by atomic mass is 32.1. The monoisotopic (exact) mass is 370 g/mol. The fourth-order valence-electron chi connectivity index (χ4n) is 3.42. The molecule has 0 fully saturated rings. The average Bonchev–Trinajstić information content (AvgIpc) is 3.28. The zero-order valence-corrected chi connectivity index (χ0v) is 15.5. The van der Waals surface area contributed by atoms with Crippen LogP contribution in [0.1, 0.15) is 16.8 Å². The maximum absolute atomic E-state index is 5.72. The predicted octanol–water partition coefficient (Wildman–Crippen LogP) is 4.89. The lowest BCUT2D eigenvalue weighted by atomic mass is 10.0. The van der Waals surface area contributed by atoms with Gasteiger partial charge in [-0.05, 0) is 29.3 Å². The van der Waals surface area contributed by atoms with Crippen LogP contribution in [0.4, 0.5) is 0 Å². The molecule has 0 saturated carbocycles. The fraction of sp³-hybridized carbons (Fsp3) is 0.0909. The topological polar surface area (TPSA) is 67.6 Å². The average molecular weight is 370 g/mol. The number of nitrogens with two attached hydrogens (primary N) is 1. The van der Waals surface area contributed by atoms with E-state index in [1.807, 2.05) is 12.3 Å². The van der Waals surface area contributed by atoms with Gasteiger partial charge in [-0.2, -0.15) is 5.10 Å². The molecular weight excluding hydrogens is 352 g/mol. The lowest BCUT2D eigenvalue weighted by molar-refractivity contribution is 1.01. The summed E-state index contributed by atoms with van der Waals surface area (Å²) in [5.41, 5.74) is 12.4. The Morgan fingerprint density at radius 1 is 0.963 bits per heavy atom. The smallest absolute Gasteiger partial charge is 0.110 e. The molecule has 27 heavy (non-hydrogen) atoms. The molecule has 0 unspecified atom stereocenters. The molecular formula is C22H18N4S. The second-order valence-electron chi connectivity index (χ2n) is 6.61. The van der Waals surface area contributed by atoms with E-state index in [-0.39, 0.29) is 0 Å². The molecule has 2 aromatic carbocycles. The lowest BCUT2D eigenvalue weighted by Gasteiger charge is -2.04. The summed E-state index contributed by atoms with van der Waals surface area (Å²) in [6.45, 7) is 0.540. The number of aromatic amines is 1. The van der Waals surface area contributed by atoms with Crippen LogP contribution in [0.25, 0.3) is 31.6 Å².